The fraction of sp³-hybridized carbons (Fsp3) is 0.529. The van der Waals surface area contributed by atoms with Gasteiger partial charge in [-0.2, -0.15) is 0 Å². The zero-order valence-electron chi connectivity index (χ0n) is 13.4. The van der Waals surface area contributed by atoms with E-state index in [9.17, 15) is 14.7 Å². The number of ether oxygens (including phenoxy) is 1. The number of aliphatic hydroxyl groups is 1. The van der Waals surface area contributed by atoms with E-state index in [0.29, 0.717) is 5.75 Å². The van der Waals surface area contributed by atoms with E-state index in [1.165, 1.54) is 0 Å². The van der Waals surface area contributed by atoms with Crippen molar-refractivity contribution >= 4 is 11.9 Å². The van der Waals surface area contributed by atoms with Crippen LogP contribution in [0.2, 0.25) is 0 Å². The molecular weight excluding hydrogens is 296 g/mol. The molecule has 0 unspecified atom stereocenters. The molecular formula is C17H22N2O4. The minimum Gasteiger partial charge on any atom is -0.491 e. The number of carbonyl (C=O) groups is 2. The first kappa shape index (κ1) is 15.8. The average Bonchev–Trinajstić information content (AvgIpc) is 3.33. The fourth-order valence-electron chi connectivity index (χ4n) is 2.91. The largest absolute Gasteiger partial charge is 0.491 e. The number of aliphatic hydroxyl groups excluding tert-OH is 1. The quantitative estimate of drug-likeness (QED) is 0.778. The number of hydrogen-bond acceptors (Lipinski definition) is 4. The SMILES string of the molecule is Cc1ccc(OC[C@@H](O)CN2C(=O)N[C@](C)(C3CC3)C2=O)cc1. The summed E-state index contributed by atoms with van der Waals surface area (Å²) in [6, 6.07) is 7.04. The van der Waals surface area contributed by atoms with Gasteiger partial charge in [0.25, 0.3) is 5.91 Å². The molecule has 2 atom stereocenters. The maximum Gasteiger partial charge on any atom is 0.325 e. The average molecular weight is 318 g/mol. The smallest absolute Gasteiger partial charge is 0.325 e. The van der Waals surface area contributed by atoms with Crippen molar-refractivity contribution in [2.75, 3.05) is 13.2 Å². The van der Waals surface area contributed by atoms with Gasteiger partial charge in [-0.25, -0.2) is 4.79 Å². The summed E-state index contributed by atoms with van der Waals surface area (Å²) in [7, 11) is 0. The predicted molar refractivity (Wildman–Crippen MR) is 84.1 cm³/mol. The highest BCUT2D eigenvalue weighted by Crippen LogP contribution is 2.42. The maximum absolute atomic E-state index is 12.5. The van der Waals surface area contributed by atoms with Gasteiger partial charge < -0.3 is 15.2 Å². The van der Waals surface area contributed by atoms with E-state index in [1.54, 1.807) is 6.92 Å². The summed E-state index contributed by atoms with van der Waals surface area (Å²) in [5, 5.41) is 12.8. The first-order valence-corrected chi connectivity index (χ1v) is 7.92. The lowest BCUT2D eigenvalue weighted by molar-refractivity contribution is -0.132. The first-order valence-electron chi connectivity index (χ1n) is 7.92. The summed E-state index contributed by atoms with van der Waals surface area (Å²) in [5.74, 6) is 0.610. The molecule has 2 fully saturated rings. The van der Waals surface area contributed by atoms with Crippen molar-refractivity contribution in [3.05, 3.63) is 29.8 Å². The highest BCUT2D eigenvalue weighted by atomic mass is 16.5. The van der Waals surface area contributed by atoms with Gasteiger partial charge >= 0.3 is 6.03 Å². The van der Waals surface area contributed by atoms with Gasteiger partial charge in [0, 0.05) is 0 Å². The molecule has 1 heterocycles. The number of β-amino-alcohol motifs (C(OH)–C–C–N with tert-alkyl or cyclic N) is 1. The van der Waals surface area contributed by atoms with Crippen LogP contribution in [0.15, 0.2) is 24.3 Å². The molecule has 0 spiro atoms. The van der Waals surface area contributed by atoms with Crippen LogP contribution in [0.1, 0.15) is 25.3 Å². The van der Waals surface area contributed by atoms with Gasteiger partial charge in [-0.05, 0) is 44.7 Å². The Morgan fingerprint density at radius 2 is 2.00 bits per heavy atom. The Hall–Kier alpha value is -2.08. The number of imide groups is 1. The van der Waals surface area contributed by atoms with E-state index >= 15 is 0 Å². The Balaban J connectivity index is 1.55. The molecule has 0 bridgehead atoms. The molecule has 2 N–H and O–H groups in total. The van der Waals surface area contributed by atoms with Crippen LogP contribution in [0.3, 0.4) is 0 Å². The second-order valence-electron chi connectivity index (χ2n) is 6.60. The molecule has 1 aliphatic carbocycles. The number of amides is 3. The summed E-state index contributed by atoms with van der Waals surface area (Å²) >= 11 is 0. The Labute approximate surface area is 135 Å². The molecule has 3 rings (SSSR count). The normalized spacial score (nSPS) is 25.4. The molecule has 0 aromatic heterocycles. The first-order chi connectivity index (χ1) is 10.9. The summed E-state index contributed by atoms with van der Waals surface area (Å²) in [6.07, 6.45) is 0.984. The molecule has 6 nitrogen and oxygen atoms in total. The zero-order chi connectivity index (χ0) is 16.6. The van der Waals surface area contributed by atoms with Crippen molar-refractivity contribution in [3.63, 3.8) is 0 Å². The molecule has 6 heteroatoms. The van der Waals surface area contributed by atoms with Crippen molar-refractivity contribution in [2.24, 2.45) is 5.92 Å². The van der Waals surface area contributed by atoms with E-state index in [-0.39, 0.29) is 25.0 Å². The summed E-state index contributed by atoms with van der Waals surface area (Å²) in [5.41, 5.74) is 0.311. The maximum atomic E-state index is 12.5. The van der Waals surface area contributed by atoms with Gasteiger partial charge in [0.15, 0.2) is 0 Å². The minimum absolute atomic E-state index is 0.0280. The number of urea groups is 1. The van der Waals surface area contributed by atoms with E-state index in [2.05, 4.69) is 5.32 Å². The molecule has 1 aromatic carbocycles. The topological polar surface area (TPSA) is 78.9 Å². The number of benzene rings is 1. The van der Waals surface area contributed by atoms with Gasteiger partial charge in [-0.15, -0.1) is 0 Å². The van der Waals surface area contributed by atoms with Crippen LogP contribution in [-0.2, 0) is 4.79 Å². The minimum atomic E-state index is -0.924. The van der Waals surface area contributed by atoms with E-state index in [0.717, 1.165) is 23.3 Å². The second-order valence-corrected chi connectivity index (χ2v) is 6.60. The Kier molecular flexibility index (Phi) is 4.02. The molecule has 2 aliphatic rings. The zero-order valence-corrected chi connectivity index (χ0v) is 13.4. The lowest BCUT2D eigenvalue weighted by Gasteiger charge is -2.22. The fourth-order valence-corrected chi connectivity index (χ4v) is 2.91. The molecule has 3 amide bonds. The Bertz CT molecular complexity index is 612. The van der Waals surface area contributed by atoms with Crippen LogP contribution in [0.5, 0.6) is 5.75 Å². The van der Waals surface area contributed by atoms with Crippen molar-refractivity contribution < 1.29 is 19.4 Å². The van der Waals surface area contributed by atoms with E-state index < -0.39 is 17.7 Å². The Morgan fingerprint density at radius 3 is 2.61 bits per heavy atom. The number of nitrogens with zero attached hydrogens (tertiary/aromatic N) is 1. The number of carbonyl (C=O) groups excluding carboxylic acids is 2. The molecule has 1 aromatic rings. The van der Waals surface area contributed by atoms with Gasteiger partial charge in [0.2, 0.25) is 0 Å². The van der Waals surface area contributed by atoms with Crippen molar-refractivity contribution in [2.45, 2.75) is 38.3 Å². The van der Waals surface area contributed by atoms with E-state index in [1.807, 2.05) is 31.2 Å². The summed E-state index contributed by atoms with van der Waals surface area (Å²) in [4.78, 5) is 25.6. The predicted octanol–water partition coefficient (Wildman–Crippen LogP) is 1.46. The molecule has 1 aliphatic heterocycles. The van der Waals surface area contributed by atoms with Crippen molar-refractivity contribution in [3.8, 4) is 5.75 Å². The molecule has 23 heavy (non-hydrogen) atoms. The van der Waals surface area contributed by atoms with Crippen molar-refractivity contribution in [1.82, 2.24) is 10.2 Å². The monoisotopic (exact) mass is 318 g/mol. The molecule has 0 radical (unpaired) electrons. The third-order valence-corrected chi connectivity index (χ3v) is 4.55. The van der Waals surface area contributed by atoms with Crippen LogP contribution < -0.4 is 10.1 Å². The second kappa shape index (κ2) is 5.85. The number of aryl methyl sites for hydroxylation is 1. The van der Waals surface area contributed by atoms with Gasteiger partial charge in [0.1, 0.15) is 24.0 Å². The summed E-state index contributed by atoms with van der Waals surface area (Å²) in [6.45, 7) is 3.71. The highest BCUT2D eigenvalue weighted by Gasteiger charge is 2.56. The molecule has 1 saturated carbocycles. The summed E-state index contributed by atoms with van der Waals surface area (Å²) < 4.78 is 5.50. The van der Waals surface area contributed by atoms with Gasteiger partial charge in [0.05, 0.1) is 6.54 Å². The highest BCUT2D eigenvalue weighted by molar-refractivity contribution is 6.07. The number of nitrogens with one attached hydrogen (secondary N) is 1. The van der Waals surface area contributed by atoms with Gasteiger partial charge in [-0.1, -0.05) is 17.7 Å². The van der Waals surface area contributed by atoms with E-state index in [4.69, 9.17) is 4.74 Å². The molecule has 124 valence electrons. The third kappa shape index (κ3) is 3.17. The van der Waals surface area contributed by atoms with Gasteiger partial charge in [-0.3, -0.25) is 9.69 Å². The number of hydrogen-bond donors (Lipinski definition) is 2. The lowest BCUT2D eigenvalue weighted by atomic mass is 9.96. The Morgan fingerprint density at radius 1 is 1.35 bits per heavy atom. The van der Waals surface area contributed by atoms with Crippen LogP contribution in [-0.4, -0.2) is 46.7 Å². The number of rotatable bonds is 6. The third-order valence-electron chi connectivity index (χ3n) is 4.55. The molecule has 1 saturated heterocycles. The lowest BCUT2D eigenvalue weighted by Crippen LogP contribution is -2.46. The van der Waals surface area contributed by atoms with Crippen LogP contribution in [0, 0.1) is 12.8 Å². The standard InChI is InChI=1S/C17H22N2O4/c1-11-3-7-14(8-4-11)23-10-13(20)9-19-15(21)17(2,12-5-6-12)18-16(19)22/h3-4,7-8,12-13,20H,5-6,9-10H2,1-2H3,(H,18,22)/t13-,17+/m0/s1. The van der Waals surface area contributed by atoms with Crippen LogP contribution in [0.25, 0.3) is 0 Å². The van der Waals surface area contributed by atoms with Crippen LogP contribution >= 0.6 is 0 Å². The van der Waals surface area contributed by atoms with Crippen LogP contribution in [0.4, 0.5) is 4.79 Å². The van der Waals surface area contributed by atoms with Crippen molar-refractivity contribution in [1.29, 1.82) is 0 Å².